The van der Waals surface area contributed by atoms with Gasteiger partial charge in [-0.1, -0.05) is 13.8 Å². The molecule has 0 bridgehead atoms. The molecule has 1 unspecified atom stereocenters. The fourth-order valence-electron chi connectivity index (χ4n) is 2.59. The highest BCUT2D eigenvalue weighted by Gasteiger charge is 2.22. The predicted octanol–water partition coefficient (Wildman–Crippen LogP) is 1.78. The fraction of sp³-hybridized carbons (Fsp3) is 1.00. The predicted molar refractivity (Wildman–Crippen MR) is 75.2 cm³/mol. The second-order valence-electron chi connectivity index (χ2n) is 6.51. The van der Waals surface area contributed by atoms with Gasteiger partial charge < -0.3 is 15.5 Å². The lowest BCUT2D eigenvalue weighted by molar-refractivity contribution is 0.209. The van der Waals surface area contributed by atoms with Crippen LogP contribution in [0.15, 0.2) is 0 Å². The summed E-state index contributed by atoms with van der Waals surface area (Å²) in [5, 5.41) is 0. The SMILES string of the molecule is CN(CCCC(C)(C)CN)CC1CCCN1C. The number of rotatable bonds is 7. The molecule has 0 aliphatic carbocycles. The molecule has 0 aromatic heterocycles. The van der Waals surface area contributed by atoms with Crippen molar-refractivity contribution in [3.63, 3.8) is 0 Å². The van der Waals surface area contributed by atoms with Crippen LogP contribution in [0.4, 0.5) is 0 Å². The third-order valence-electron chi connectivity index (χ3n) is 4.14. The van der Waals surface area contributed by atoms with Gasteiger partial charge in [-0.15, -0.1) is 0 Å². The lowest BCUT2D eigenvalue weighted by atomic mass is 9.88. The minimum atomic E-state index is 0.311. The molecule has 0 aromatic carbocycles. The largest absolute Gasteiger partial charge is 0.330 e. The van der Waals surface area contributed by atoms with Gasteiger partial charge in [0, 0.05) is 12.6 Å². The number of likely N-dealkylation sites (tertiary alicyclic amines) is 1. The summed E-state index contributed by atoms with van der Waals surface area (Å²) in [5.74, 6) is 0. The van der Waals surface area contributed by atoms with Crippen molar-refractivity contribution in [1.82, 2.24) is 9.80 Å². The third kappa shape index (κ3) is 5.36. The van der Waals surface area contributed by atoms with Crippen LogP contribution in [0, 0.1) is 5.41 Å². The molecule has 1 fully saturated rings. The molecular weight excluding hydrogens is 210 g/mol. The maximum Gasteiger partial charge on any atom is 0.0220 e. The van der Waals surface area contributed by atoms with Gasteiger partial charge in [-0.2, -0.15) is 0 Å². The van der Waals surface area contributed by atoms with Gasteiger partial charge in [0.1, 0.15) is 0 Å². The summed E-state index contributed by atoms with van der Waals surface area (Å²) in [7, 11) is 4.50. The maximum atomic E-state index is 5.75. The first-order valence-electron chi connectivity index (χ1n) is 7.03. The Labute approximate surface area is 107 Å². The van der Waals surface area contributed by atoms with Gasteiger partial charge in [0.25, 0.3) is 0 Å². The van der Waals surface area contributed by atoms with Crippen LogP contribution >= 0.6 is 0 Å². The molecular formula is C14H31N3. The van der Waals surface area contributed by atoms with Crippen molar-refractivity contribution in [2.24, 2.45) is 11.1 Å². The molecule has 1 rings (SSSR count). The normalized spacial score (nSPS) is 22.6. The lowest BCUT2D eigenvalue weighted by Gasteiger charge is -2.27. The molecule has 2 N–H and O–H groups in total. The first kappa shape index (κ1) is 14.9. The van der Waals surface area contributed by atoms with Crippen molar-refractivity contribution < 1.29 is 0 Å². The standard InChI is InChI=1S/C14H31N3/c1-14(2,12-15)8-6-9-16(3)11-13-7-5-10-17(13)4/h13H,5-12,15H2,1-4H3. The van der Waals surface area contributed by atoms with Crippen molar-refractivity contribution in [2.75, 3.05) is 40.3 Å². The minimum absolute atomic E-state index is 0.311. The quantitative estimate of drug-likeness (QED) is 0.737. The molecule has 0 amide bonds. The highest BCUT2D eigenvalue weighted by Crippen LogP contribution is 2.20. The molecule has 102 valence electrons. The number of hydrogen-bond donors (Lipinski definition) is 1. The van der Waals surface area contributed by atoms with E-state index in [1.165, 1.54) is 45.3 Å². The molecule has 1 atom stereocenters. The Balaban J connectivity index is 2.15. The van der Waals surface area contributed by atoms with Gasteiger partial charge in [0.15, 0.2) is 0 Å². The van der Waals surface area contributed by atoms with Gasteiger partial charge in [0.05, 0.1) is 0 Å². The zero-order valence-corrected chi connectivity index (χ0v) is 12.2. The van der Waals surface area contributed by atoms with Crippen LogP contribution in [0.2, 0.25) is 0 Å². The number of nitrogens with two attached hydrogens (primary N) is 1. The molecule has 0 saturated carbocycles. The first-order chi connectivity index (χ1) is 7.94. The number of likely N-dealkylation sites (N-methyl/N-ethyl adjacent to an activating group) is 2. The summed E-state index contributed by atoms with van der Waals surface area (Å²) >= 11 is 0. The van der Waals surface area contributed by atoms with E-state index in [9.17, 15) is 0 Å². The highest BCUT2D eigenvalue weighted by atomic mass is 15.2. The van der Waals surface area contributed by atoms with Crippen molar-refractivity contribution in [2.45, 2.75) is 45.6 Å². The van der Waals surface area contributed by atoms with E-state index in [0.29, 0.717) is 5.41 Å². The Kier molecular flexibility index (Phi) is 5.90. The van der Waals surface area contributed by atoms with E-state index in [1.54, 1.807) is 0 Å². The zero-order valence-electron chi connectivity index (χ0n) is 12.2. The molecule has 3 nitrogen and oxygen atoms in total. The average molecular weight is 241 g/mol. The average Bonchev–Trinajstić information content (AvgIpc) is 2.64. The maximum absolute atomic E-state index is 5.75. The lowest BCUT2D eigenvalue weighted by Crippen LogP contribution is -2.37. The zero-order chi connectivity index (χ0) is 12.9. The monoisotopic (exact) mass is 241 g/mol. The smallest absolute Gasteiger partial charge is 0.0220 e. The summed E-state index contributed by atoms with van der Waals surface area (Å²) < 4.78 is 0. The number of hydrogen-bond acceptors (Lipinski definition) is 3. The fourth-order valence-corrected chi connectivity index (χ4v) is 2.59. The van der Waals surface area contributed by atoms with Crippen LogP contribution in [-0.4, -0.2) is 56.1 Å². The van der Waals surface area contributed by atoms with Crippen molar-refractivity contribution >= 4 is 0 Å². The van der Waals surface area contributed by atoms with Crippen molar-refractivity contribution in [3.8, 4) is 0 Å². The summed E-state index contributed by atoms with van der Waals surface area (Å²) in [6, 6.07) is 0.780. The molecule has 17 heavy (non-hydrogen) atoms. The van der Waals surface area contributed by atoms with Gasteiger partial charge in [0.2, 0.25) is 0 Å². The first-order valence-corrected chi connectivity index (χ1v) is 7.03. The van der Waals surface area contributed by atoms with Crippen molar-refractivity contribution in [1.29, 1.82) is 0 Å². The van der Waals surface area contributed by atoms with E-state index in [-0.39, 0.29) is 0 Å². The Hall–Kier alpha value is -0.120. The van der Waals surface area contributed by atoms with E-state index in [0.717, 1.165) is 12.6 Å². The van der Waals surface area contributed by atoms with Gasteiger partial charge in [-0.3, -0.25) is 0 Å². The van der Waals surface area contributed by atoms with Crippen LogP contribution in [0.25, 0.3) is 0 Å². The Morgan fingerprint density at radius 1 is 1.41 bits per heavy atom. The molecule has 3 heteroatoms. The van der Waals surface area contributed by atoms with Crippen LogP contribution < -0.4 is 5.73 Å². The second kappa shape index (κ2) is 6.72. The van der Waals surface area contributed by atoms with E-state index >= 15 is 0 Å². The second-order valence-corrected chi connectivity index (χ2v) is 6.51. The summed E-state index contributed by atoms with van der Waals surface area (Å²) in [6.45, 7) is 9.02. The summed E-state index contributed by atoms with van der Waals surface area (Å²) in [4.78, 5) is 4.99. The topological polar surface area (TPSA) is 32.5 Å². The molecule has 0 aromatic rings. The van der Waals surface area contributed by atoms with Crippen LogP contribution in [-0.2, 0) is 0 Å². The van der Waals surface area contributed by atoms with Crippen molar-refractivity contribution in [3.05, 3.63) is 0 Å². The van der Waals surface area contributed by atoms with Crippen LogP contribution in [0.5, 0.6) is 0 Å². The highest BCUT2D eigenvalue weighted by molar-refractivity contribution is 4.79. The molecule has 1 aliphatic rings. The molecule has 1 heterocycles. The van der Waals surface area contributed by atoms with Gasteiger partial charge in [-0.25, -0.2) is 0 Å². The van der Waals surface area contributed by atoms with Crippen LogP contribution in [0.1, 0.15) is 39.5 Å². The van der Waals surface area contributed by atoms with E-state index in [1.807, 2.05) is 0 Å². The van der Waals surface area contributed by atoms with E-state index < -0.39 is 0 Å². The van der Waals surface area contributed by atoms with Gasteiger partial charge >= 0.3 is 0 Å². The minimum Gasteiger partial charge on any atom is -0.330 e. The van der Waals surface area contributed by atoms with E-state index in [2.05, 4.69) is 37.7 Å². The third-order valence-corrected chi connectivity index (χ3v) is 4.14. The summed E-state index contributed by atoms with van der Waals surface area (Å²) in [6.07, 6.45) is 5.23. The Morgan fingerprint density at radius 2 is 2.12 bits per heavy atom. The van der Waals surface area contributed by atoms with E-state index in [4.69, 9.17) is 5.73 Å². The molecule has 0 radical (unpaired) electrons. The van der Waals surface area contributed by atoms with Crippen LogP contribution in [0.3, 0.4) is 0 Å². The van der Waals surface area contributed by atoms with Gasteiger partial charge in [-0.05, 0) is 64.8 Å². The molecule has 1 aliphatic heterocycles. The molecule has 0 spiro atoms. The Morgan fingerprint density at radius 3 is 2.65 bits per heavy atom. The number of nitrogens with zero attached hydrogens (tertiary/aromatic N) is 2. The summed E-state index contributed by atoms with van der Waals surface area (Å²) in [5.41, 5.74) is 6.06. The molecule has 1 saturated heterocycles. The Bertz CT molecular complexity index is 216.